The number of aliphatic hydroxyl groups is 1. The van der Waals surface area contributed by atoms with Crippen LogP contribution in [0, 0.1) is 11.8 Å². The number of nitrogens with zero attached hydrogens (tertiary/aromatic N) is 2. The molecule has 0 saturated heterocycles. The maximum absolute atomic E-state index is 10.4. The van der Waals surface area contributed by atoms with Gasteiger partial charge in [0.25, 0.3) is 0 Å². The summed E-state index contributed by atoms with van der Waals surface area (Å²) in [4.78, 5) is 1.00. The highest BCUT2D eigenvalue weighted by Crippen LogP contribution is 2.38. The van der Waals surface area contributed by atoms with E-state index in [9.17, 15) is 5.11 Å². The molecule has 1 aliphatic carbocycles. The SMILES string of the molecule is CCc1nnsc1C(O)C1CCCC(C)C1. The Kier molecular flexibility index (Phi) is 3.92. The lowest BCUT2D eigenvalue weighted by atomic mass is 9.79. The summed E-state index contributed by atoms with van der Waals surface area (Å²) < 4.78 is 3.96. The van der Waals surface area contributed by atoms with E-state index in [0.29, 0.717) is 5.92 Å². The third kappa shape index (κ3) is 2.43. The Labute approximate surface area is 101 Å². The van der Waals surface area contributed by atoms with E-state index in [0.717, 1.165) is 35.8 Å². The Hall–Kier alpha value is -0.480. The molecule has 1 N–H and O–H groups in total. The number of hydrogen-bond donors (Lipinski definition) is 1. The zero-order chi connectivity index (χ0) is 11.5. The van der Waals surface area contributed by atoms with Crippen molar-refractivity contribution in [1.82, 2.24) is 9.59 Å². The van der Waals surface area contributed by atoms with Gasteiger partial charge in [0, 0.05) is 0 Å². The lowest BCUT2D eigenvalue weighted by molar-refractivity contribution is 0.0734. The predicted octanol–water partition coefficient (Wildman–Crippen LogP) is 2.96. The summed E-state index contributed by atoms with van der Waals surface area (Å²) in [6.45, 7) is 4.35. The monoisotopic (exact) mass is 240 g/mol. The summed E-state index contributed by atoms with van der Waals surface area (Å²) in [7, 11) is 0. The molecule has 0 amide bonds. The van der Waals surface area contributed by atoms with E-state index in [-0.39, 0.29) is 6.10 Å². The maximum Gasteiger partial charge on any atom is 0.0945 e. The van der Waals surface area contributed by atoms with Crippen LogP contribution in [0.3, 0.4) is 0 Å². The largest absolute Gasteiger partial charge is 0.387 e. The molecule has 1 fully saturated rings. The summed E-state index contributed by atoms with van der Waals surface area (Å²) in [6.07, 6.45) is 5.37. The predicted molar refractivity (Wildman–Crippen MR) is 65.4 cm³/mol. The van der Waals surface area contributed by atoms with Crippen LogP contribution in [0.1, 0.15) is 56.2 Å². The van der Waals surface area contributed by atoms with Crippen molar-refractivity contribution in [3.8, 4) is 0 Å². The Bertz CT molecular complexity index is 340. The molecule has 3 atom stereocenters. The van der Waals surface area contributed by atoms with Gasteiger partial charge in [-0.25, -0.2) is 0 Å². The van der Waals surface area contributed by atoms with Crippen LogP contribution >= 0.6 is 11.5 Å². The fourth-order valence-corrected chi connectivity index (χ4v) is 3.49. The molecule has 1 aromatic heterocycles. The highest BCUT2D eigenvalue weighted by Gasteiger charge is 2.29. The summed E-state index contributed by atoms with van der Waals surface area (Å²) in [6, 6.07) is 0. The van der Waals surface area contributed by atoms with Gasteiger partial charge in [0.1, 0.15) is 0 Å². The van der Waals surface area contributed by atoms with Gasteiger partial charge in [-0.15, -0.1) is 5.10 Å². The van der Waals surface area contributed by atoms with Crippen molar-refractivity contribution in [2.75, 3.05) is 0 Å². The van der Waals surface area contributed by atoms with Crippen LogP contribution in [0.5, 0.6) is 0 Å². The van der Waals surface area contributed by atoms with Gasteiger partial charge in [0.2, 0.25) is 0 Å². The fraction of sp³-hybridized carbons (Fsp3) is 0.833. The maximum atomic E-state index is 10.4. The molecule has 2 rings (SSSR count). The van der Waals surface area contributed by atoms with Gasteiger partial charge in [-0.3, -0.25) is 0 Å². The Morgan fingerprint density at radius 2 is 2.31 bits per heavy atom. The number of aromatic nitrogens is 2. The van der Waals surface area contributed by atoms with Gasteiger partial charge < -0.3 is 5.11 Å². The molecular weight excluding hydrogens is 220 g/mol. The van der Waals surface area contributed by atoms with Crippen LogP contribution in [0.25, 0.3) is 0 Å². The van der Waals surface area contributed by atoms with E-state index in [2.05, 4.69) is 23.4 Å². The quantitative estimate of drug-likeness (QED) is 0.883. The van der Waals surface area contributed by atoms with Gasteiger partial charge in [0.15, 0.2) is 0 Å². The van der Waals surface area contributed by atoms with Crippen molar-refractivity contribution >= 4 is 11.5 Å². The number of hydrogen-bond acceptors (Lipinski definition) is 4. The van der Waals surface area contributed by atoms with Gasteiger partial charge in [-0.2, -0.15) is 0 Å². The minimum Gasteiger partial charge on any atom is -0.387 e. The highest BCUT2D eigenvalue weighted by atomic mass is 32.1. The van der Waals surface area contributed by atoms with Gasteiger partial charge in [-0.1, -0.05) is 31.2 Å². The lowest BCUT2D eigenvalue weighted by Crippen LogP contribution is -2.20. The topological polar surface area (TPSA) is 46.0 Å². The van der Waals surface area contributed by atoms with Crippen molar-refractivity contribution in [3.05, 3.63) is 10.6 Å². The highest BCUT2D eigenvalue weighted by molar-refractivity contribution is 7.05. The molecule has 0 aromatic carbocycles. The molecule has 0 radical (unpaired) electrons. The average Bonchev–Trinajstić information content (AvgIpc) is 2.76. The fourth-order valence-electron chi connectivity index (χ4n) is 2.67. The van der Waals surface area contributed by atoms with Crippen molar-refractivity contribution < 1.29 is 5.11 Å². The summed E-state index contributed by atoms with van der Waals surface area (Å²) in [5, 5.41) is 14.5. The van der Waals surface area contributed by atoms with E-state index in [1.54, 1.807) is 0 Å². The first-order valence-electron chi connectivity index (χ1n) is 6.21. The van der Waals surface area contributed by atoms with Crippen LogP contribution in [-0.2, 0) is 6.42 Å². The molecule has 1 saturated carbocycles. The zero-order valence-electron chi connectivity index (χ0n) is 10.0. The second kappa shape index (κ2) is 5.23. The minimum atomic E-state index is -0.335. The van der Waals surface area contributed by atoms with Gasteiger partial charge in [-0.05, 0) is 42.6 Å². The molecule has 3 unspecified atom stereocenters. The van der Waals surface area contributed by atoms with Crippen molar-refractivity contribution in [2.45, 2.75) is 52.1 Å². The molecule has 0 bridgehead atoms. The Balaban J connectivity index is 2.09. The Morgan fingerprint density at radius 1 is 1.50 bits per heavy atom. The molecule has 0 spiro atoms. The van der Waals surface area contributed by atoms with Crippen LogP contribution < -0.4 is 0 Å². The first-order valence-corrected chi connectivity index (χ1v) is 6.98. The molecule has 0 aliphatic heterocycles. The van der Waals surface area contributed by atoms with Crippen molar-refractivity contribution in [1.29, 1.82) is 0 Å². The molecule has 3 nitrogen and oxygen atoms in total. The smallest absolute Gasteiger partial charge is 0.0945 e. The first-order chi connectivity index (χ1) is 7.72. The average molecular weight is 240 g/mol. The normalized spacial score (nSPS) is 27.9. The van der Waals surface area contributed by atoms with Crippen LogP contribution in [0.4, 0.5) is 0 Å². The molecule has 1 aromatic rings. The molecule has 16 heavy (non-hydrogen) atoms. The lowest BCUT2D eigenvalue weighted by Gasteiger charge is -2.29. The van der Waals surface area contributed by atoms with E-state index in [1.165, 1.54) is 24.4 Å². The molecule has 90 valence electrons. The second-order valence-electron chi connectivity index (χ2n) is 4.91. The van der Waals surface area contributed by atoms with Crippen LogP contribution in [0.2, 0.25) is 0 Å². The first kappa shape index (κ1) is 12.0. The molecule has 1 heterocycles. The molecule has 1 aliphatic rings. The van der Waals surface area contributed by atoms with Crippen molar-refractivity contribution in [2.24, 2.45) is 11.8 Å². The van der Waals surface area contributed by atoms with E-state index in [1.807, 2.05) is 0 Å². The number of rotatable bonds is 3. The Morgan fingerprint density at radius 3 is 3.00 bits per heavy atom. The summed E-state index contributed by atoms with van der Waals surface area (Å²) in [5.74, 6) is 1.16. The zero-order valence-corrected chi connectivity index (χ0v) is 10.8. The van der Waals surface area contributed by atoms with E-state index >= 15 is 0 Å². The van der Waals surface area contributed by atoms with E-state index < -0.39 is 0 Å². The third-order valence-corrected chi connectivity index (χ3v) is 4.45. The second-order valence-corrected chi connectivity index (χ2v) is 5.70. The summed E-state index contributed by atoms with van der Waals surface area (Å²) >= 11 is 1.37. The molecular formula is C12H20N2OS. The van der Waals surface area contributed by atoms with Crippen LogP contribution in [0.15, 0.2) is 0 Å². The summed E-state index contributed by atoms with van der Waals surface area (Å²) in [5.41, 5.74) is 0.982. The number of aliphatic hydroxyl groups excluding tert-OH is 1. The van der Waals surface area contributed by atoms with Crippen molar-refractivity contribution in [3.63, 3.8) is 0 Å². The molecule has 4 heteroatoms. The van der Waals surface area contributed by atoms with Crippen LogP contribution in [-0.4, -0.2) is 14.7 Å². The van der Waals surface area contributed by atoms with Gasteiger partial charge in [0.05, 0.1) is 16.7 Å². The van der Waals surface area contributed by atoms with E-state index in [4.69, 9.17) is 0 Å². The standard InChI is InChI=1S/C12H20N2OS/c1-3-10-12(16-14-13-10)11(15)9-6-4-5-8(2)7-9/h8-9,11,15H,3-7H2,1-2H3. The third-order valence-electron chi connectivity index (χ3n) is 3.61. The number of aryl methyl sites for hydroxylation is 1. The minimum absolute atomic E-state index is 0.335. The van der Waals surface area contributed by atoms with Gasteiger partial charge >= 0.3 is 0 Å².